The van der Waals surface area contributed by atoms with E-state index in [-0.39, 0.29) is 0 Å². The van der Waals surface area contributed by atoms with Crippen LogP contribution >= 0.6 is 0 Å². The molecule has 0 aliphatic rings. The van der Waals surface area contributed by atoms with Gasteiger partial charge in [-0.1, -0.05) is 152 Å². The number of hydrogen-bond donors (Lipinski definition) is 0. The minimum absolute atomic E-state index is 0.871. The van der Waals surface area contributed by atoms with Crippen LogP contribution in [-0.2, 0) is 0 Å². The molecule has 0 amide bonds. The standard InChI is InChI=1S/C56H33NO/c1-2-10-38-31-39(24-21-34(38)9-1)35-25-27-41(28-26-35)57(42-29-30-44-43-14-3-4-20-51(43)58-52(44)33-42)50-32-40-13-7-17-46-45-15-5-11-36-22-23-37-12-6-16-47(54(37)53(36)45)48-18-8-19-49(50)56(48)55(40)46/h1-33H. The molecule has 1 aromatic heterocycles. The highest BCUT2D eigenvalue weighted by atomic mass is 16.3. The fourth-order valence-corrected chi connectivity index (χ4v) is 9.92. The molecule has 0 unspecified atom stereocenters. The highest BCUT2D eigenvalue weighted by Gasteiger charge is 2.22. The Balaban J connectivity index is 1.13. The largest absolute Gasteiger partial charge is 0.456 e. The summed E-state index contributed by atoms with van der Waals surface area (Å²) in [7, 11) is 0. The molecular weight excluding hydrogens is 703 g/mol. The second-order valence-electron chi connectivity index (χ2n) is 15.6. The van der Waals surface area contributed by atoms with Gasteiger partial charge in [-0.3, -0.25) is 0 Å². The van der Waals surface area contributed by atoms with Gasteiger partial charge >= 0.3 is 0 Å². The number of anilines is 3. The SMILES string of the molecule is c1ccc2cc(-c3ccc(N(c4ccc5c(c4)oc4ccccc45)c4cc5cccc6c7cccc8ccc9cccc(c%10cccc4c%10c56)c9c87)cc3)ccc2c1. The summed E-state index contributed by atoms with van der Waals surface area (Å²) in [5.74, 6) is 0. The van der Waals surface area contributed by atoms with Crippen molar-refractivity contribution in [3.8, 4) is 11.1 Å². The summed E-state index contributed by atoms with van der Waals surface area (Å²) >= 11 is 0. The molecule has 0 fully saturated rings. The molecular formula is C56H33NO. The van der Waals surface area contributed by atoms with Gasteiger partial charge in [0.25, 0.3) is 0 Å². The predicted molar refractivity (Wildman–Crippen MR) is 248 cm³/mol. The molecule has 2 nitrogen and oxygen atoms in total. The van der Waals surface area contributed by atoms with Gasteiger partial charge in [0, 0.05) is 39.0 Å². The zero-order valence-electron chi connectivity index (χ0n) is 31.4. The molecule has 58 heavy (non-hydrogen) atoms. The van der Waals surface area contributed by atoms with Crippen molar-refractivity contribution < 1.29 is 4.42 Å². The van der Waals surface area contributed by atoms with E-state index >= 15 is 0 Å². The number of benzene rings is 11. The van der Waals surface area contributed by atoms with Gasteiger partial charge in [0.1, 0.15) is 11.2 Å². The molecule has 0 aliphatic heterocycles. The Kier molecular flexibility index (Phi) is 6.47. The van der Waals surface area contributed by atoms with Crippen molar-refractivity contribution >= 4 is 114 Å². The fourth-order valence-electron chi connectivity index (χ4n) is 9.92. The number of nitrogens with zero attached hydrogens (tertiary/aromatic N) is 1. The van der Waals surface area contributed by atoms with E-state index in [9.17, 15) is 0 Å². The molecule has 0 saturated heterocycles. The van der Waals surface area contributed by atoms with Crippen molar-refractivity contribution in [2.75, 3.05) is 4.90 Å². The second kappa shape index (κ2) is 11.9. The number of para-hydroxylation sites is 1. The van der Waals surface area contributed by atoms with Gasteiger partial charge in [0.2, 0.25) is 0 Å². The molecule has 0 radical (unpaired) electrons. The summed E-state index contributed by atoms with van der Waals surface area (Å²) in [5, 5.41) is 19.9. The van der Waals surface area contributed by atoms with Crippen LogP contribution in [0.3, 0.4) is 0 Å². The summed E-state index contributed by atoms with van der Waals surface area (Å²) < 4.78 is 6.53. The molecule has 12 aromatic carbocycles. The number of rotatable bonds is 4. The van der Waals surface area contributed by atoms with Crippen LogP contribution in [0.5, 0.6) is 0 Å². The lowest BCUT2D eigenvalue weighted by Gasteiger charge is -2.28. The van der Waals surface area contributed by atoms with Crippen LogP contribution in [0.4, 0.5) is 17.1 Å². The van der Waals surface area contributed by atoms with Gasteiger partial charge in [-0.2, -0.15) is 0 Å². The van der Waals surface area contributed by atoms with Crippen molar-refractivity contribution in [2.24, 2.45) is 0 Å². The first kappa shape index (κ1) is 31.5. The molecule has 0 spiro atoms. The summed E-state index contributed by atoms with van der Waals surface area (Å²) in [6, 6.07) is 73.6. The Morgan fingerprint density at radius 3 is 1.55 bits per heavy atom. The lowest BCUT2D eigenvalue weighted by atomic mass is 9.87. The summed E-state index contributed by atoms with van der Waals surface area (Å²) in [6.07, 6.45) is 0. The van der Waals surface area contributed by atoms with E-state index in [4.69, 9.17) is 4.42 Å². The quantitative estimate of drug-likeness (QED) is 0.167. The van der Waals surface area contributed by atoms with E-state index in [2.05, 4.69) is 199 Å². The Morgan fingerprint density at radius 1 is 0.276 bits per heavy atom. The second-order valence-corrected chi connectivity index (χ2v) is 15.6. The zero-order chi connectivity index (χ0) is 37.9. The van der Waals surface area contributed by atoms with E-state index in [1.165, 1.54) is 86.5 Å². The van der Waals surface area contributed by atoms with Crippen molar-refractivity contribution in [3.63, 3.8) is 0 Å². The predicted octanol–water partition coefficient (Wildman–Crippen LogP) is 16.2. The first-order valence-corrected chi connectivity index (χ1v) is 20.0. The first-order valence-electron chi connectivity index (χ1n) is 20.0. The van der Waals surface area contributed by atoms with Crippen LogP contribution in [0.2, 0.25) is 0 Å². The third kappa shape index (κ3) is 4.48. The minimum Gasteiger partial charge on any atom is -0.456 e. The maximum Gasteiger partial charge on any atom is 0.137 e. The first-order chi connectivity index (χ1) is 28.7. The average Bonchev–Trinajstić information content (AvgIpc) is 3.66. The monoisotopic (exact) mass is 735 g/mol. The molecule has 0 aliphatic carbocycles. The molecule has 2 heteroatoms. The molecule has 0 bridgehead atoms. The normalized spacial score (nSPS) is 12.1. The minimum atomic E-state index is 0.871. The topological polar surface area (TPSA) is 16.4 Å². The van der Waals surface area contributed by atoms with Crippen molar-refractivity contribution in [3.05, 3.63) is 200 Å². The van der Waals surface area contributed by atoms with Crippen LogP contribution in [0, 0.1) is 0 Å². The van der Waals surface area contributed by atoms with E-state index in [0.717, 1.165) is 39.0 Å². The van der Waals surface area contributed by atoms with Gasteiger partial charge in [-0.25, -0.2) is 0 Å². The number of fused-ring (bicyclic) bond motifs is 6. The molecule has 268 valence electrons. The van der Waals surface area contributed by atoms with E-state index in [0.29, 0.717) is 0 Å². The third-order valence-corrected chi connectivity index (χ3v) is 12.5. The highest BCUT2D eigenvalue weighted by Crippen LogP contribution is 2.48. The molecule has 13 rings (SSSR count). The molecule has 0 atom stereocenters. The number of hydrogen-bond acceptors (Lipinski definition) is 2. The van der Waals surface area contributed by atoms with E-state index in [1.807, 2.05) is 6.07 Å². The molecule has 13 aromatic rings. The van der Waals surface area contributed by atoms with Gasteiger partial charge in [0.15, 0.2) is 0 Å². The summed E-state index contributed by atoms with van der Waals surface area (Å²) in [5.41, 5.74) is 7.38. The van der Waals surface area contributed by atoms with Crippen molar-refractivity contribution in [2.45, 2.75) is 0 Å². The Hall–Kier alpha value is -7.68. The van der Waals surface area contributed by atoms with Gasteiger partial charge in [0.05, 0.1) is 5.69 Å². The van der Waals surface area contributed by atoms with Crippen LogP contribution in [0.15, 0.2) is 205 Å². The number of furan rings is 1. The van der Waals surface area contributed by atoms with Crippen LogP contribution in [0.25, 0.3) is 108 Å². The summed E-state index contributed by atoms with van der Waals surface area (Å²) in [6.45, 7) is 0. The van der Waals surface area contributed by atoms with E-state index in [1.54, 1.807) is 0 Å². The zero-order valence-corrected chi connectivity index (χ0v) is 31.4. The maximum absolute atomic E-state index is 6.53. The van der Waals surface area contributed by atoms with Crippen molar-refractivity contribution in [1.82, 2.24) is 0 Å². The third-order valence-electron chi connectivity index (χ3n) is 12.5. The van der Waals surface area contributed by atoms with Crippen molar-refractivity contribution in [1.29, 1.82) is 0 Å². The Bertz CT molecular complexity index is 3800. The maximum atomic E-state index is 6.53. The van der Waals surface area contributed by atoms with Crippen LogP contribution in [-0.4, -0.2) is 0 Å². The lowest BCUT2D eigenvalue weighted by Crippen LogP contribution is -2.10. The lowest BCUT2D eigenvalue weighted by molar-refractivity contribution is 0.669. The molecule has 0 N–H and O–H groups in total. The Labute approximate surface area is 333 Å². The van der Waals surface area contributed by atoms with Gasteiger partial charge < -0.3 is 9.32 Å². The van der Waals surface area contributed by atoms with Gasteiger partial charge in [-0.05, 0) is 118 Å². The molecule has 0 saturated carbocycles. The average molecular weight is 736 g/mol. The smallest absolute Gasteiger partial charge is 0.137 e. The van der Waals surface area contributed by atoms with E-state index < -0.39 is 0 Å². The van der Waals surface area contributed by atoms with Gasteiger partial charge in [-0.15, -0.1) is 0 Å². The Morgan fingerprint density at radius 2 is 0.793 bits per heavy atom. The van der Waals surface area contributed by atoms with Crippen LogP contribution in [0.1, 0.15) is 0 Å². The molecule has 1 heterocycles. The summed E-state index contributed by atoms with van der Waals surface area (Å²) in [4.78, 5) is 2.43. The highest BCUT2D eigenvalue weighted by molar-refractivity contribution is 6.38. The van der Waals surface area contributed by atoms with Crippen LogP contribution < -0.4 is 4.90 Å². The fraction of sp³-hybridized carbons (Fsp3) is 0.